The van der Waals surface area contributed by atoms with Gasteiger partial charge in [0.25, 0.3) is 0 Å². The van der Waals surface area contributed by atoms with Crippen LogP contribution in [0, 0.1) is 5.82 Å². The number of aliphatic hydroxyl groups is 1. The highest BCUT2D eigenvalue weighted by Crippen LogP contribution is 2.41. The van der Waals surface area contributed by atoms with E-state index in [0.29, 0.717) is 33.9 Å². The molecule has 0 spiro atoms. The summed E-state index contributed by atoms with van der Waals surface area (Å²) in [6.45, 7) is 7.24. The molecule has 0 amide bonds. The predicted octanol–water partition coefficient (Wildman–Crippen LogP) is 4.34. The van der Waals surface area contributed by atoms with E-state index in [1.54, 1.807) is 30.5 Å². The lowest BCUT2D eigenvalue weighted by molar-refractivity contribution is -0.137. The molecule has 1 aromatic carbocycles. The third-order valence-corrected chi connectivity index (χ3v) is 6.69. The van der Waals surface area contributed by atoms with Crippen LogP contribution in [0.3, 0.4) is 0 Å². The SMILES string of the molecule is COC(=O)C1=C(C)NC(C)=C(C(=O)OC)C1c1ccc2c(C(C)C)c(CO)c(-c3ccc(F)cc3)nn12. The Bertz CT molecular complexity index is 1410. The van der Waals surface area contributed by atoms with Gasteiger partial charge in [-0.05, 0) is 61.7 Å². The first-order valence-corrected chi connectivity index (χ1v) is 11.9. The van der Waals surface area contributed by atoms with Gasteiger partial charge in [-0.25, -0.2) is 18.5 Å². The summed E-state index contributed by atoms with van der Waals surface area (Å²) in [5.74, 6) is -2.40. The van der Waals surface area contributed by atoms with Gasteiger partial charge in [0, 0.05) is 22.5 Å². The quantitative estimate of drug-likeness (QED) is 0.479. The molecule has 3 heterocycles. The van der Waals surface area contributed by atoms with Gasteiger partial charge in [-0.1, -0.05) is 13.8 Å². The largest absolute Gasteiger partial charge is 0.466 e. The average Bonchev–Trinajstić information content (AvgIpc) is 3.29. The van der Waals surface area contributed by atoms with Crippen molar-refractivity contribution in [3.05, 3.63) is 81.6 Å². The number of methoxy groups -OCH3 is 2. The summed E-state index contributed by atoms with van der Waals surface area (Å²) in [5, 5.41) is 18.4. The molecular weight excluding hydrogens is 477 g/mol. The summed E-state index contributed by atoms with van der Waals surface area (Å²) in [6.07, 6.45) is 0. The molecule has 194 valence electrons. The van der Waals surface area contributed by atoms with E-state index in [2.05, 4.69) is 5.32 Å². The van der Waals surface area contributed by atoms with Crippen molar-refractivity contribution in [3.8, 4) is 11.3 Å². The van der Waals surface area contributed by atoms with E-state index in [1.807, 2.05) is 26.0 Å². The van der Waals surface area contributed by atoms with E-state index in [0.717, 1.165) is 11.1 Å². The molecule has 37 heavy (non-hydrogen) atoms. The van der Waals surface area contributed by atoms with Crippen molar-refractivity contribution in [3.63, 3.8) is 0 Å². The number of nitrogens with one attached hydrogen (secondary N) is 1. The van der Waals surface area contributed by atoms with E-state index in [-0.39, 0.29) is 29.5 Å². The number of fused-ring (bicyclic) bond motifs is 1. The van der Waals surface area contributed by atoms with Gasteiger partial charge in [0.05, 0.1) is 54.8 Å². The molecule has 2 N–H and O–H groups in total. The Hall–Kier alpha value is -3.98. The lowest BCUT2D eigenvalue weighted by atomic mass is 9.83. The molecule has 0 aliphatic carbocycles. The zero-order valence-corrected chi connectivity index (χ0v) is 21.7. The summed E-state index contributed by atoms with van der Waals surface area (Å²) in [5.41, 5.74) is 5.48. The zero-order chi connectivity index (χ0) is 27.0. The number of nitrogens with zero attached hydrogens (tertiary/aromatic N) is 2. The van der Waals surface area contributed by atoms with Crippen molar-refractivity contribution >= 4 is 17.5 Å². The van der Waals surface area contributed by atoms with E-state index in [1.165, 1.54) is 26.4 Å². The van der Waals surface area contributed by atoms with E-state index in [9.17, 15) is 19.1 Å². The number of dihydropyridines is 1. The van der Waals surface area contributed by atoms with Gasteiger partial charge in [0.1, 0.15) is 5.82 Å². The molecule has 1 aliphatic heterocycles. The maximum Gasteiger partial charge on any atom is 0.336 e. The molecular formula is C28H30FN3O5. The Kier molecular flexibility index (Phi) is 7.18. The Morgan fingerprint density at radius 2 is 1.59 bits per heavy atom. The average molecular weight is 508 g/mol. The fourth-order valence-corrected chi connectivity index (χ4v) is 5.12. The zero-order valence-electron chi connectivity index (χ0n) is 21.7. The minimum Gasteiger partial charge on any atom is -0.466 e. The molecule has 0 fully saturated rings. The third-order valence-electron chi connectivity index (χ3n) is 6.69. The monoisotopic (exact) mass is 507 g/mol. The highest BCUT2D eigenvalue weighted by atomic mass is 19.1. The molecule has 1 aliphatic rings. The van der Waals surface area contributed by atoms with Gasteiger partial charge in [-0.15, -0.1) is 0 Å². The maximum atomic E-state index is 13.7. The van der Waals surface area contributed by atoms with Crippen LogP contribution in [0.1, 0.15) is 56.4 Å². The topological polar surface area (TPSA) is 102 Å². The number of rotatable bonds is 6. The summed E-state index contributed by atoms with van der Waals surface area (Å²) in [4.78, 5) is 26.0. The fourth-order valence-electron chi connectivity index (χ4n) is 5.12. The number of benzene rings is 1. The maximum absolute atomic E-state index is 13.7. The minimum absolute atomic E-state index is 0.00247. The number of hydrogen-bond donors (Lipinski definition) is 2. The van der Waals surface area contributed by atoms with Gasteiger partial charge in [-0.2, -0.15) is 5.10 Å². The Labute approximate surface area is 214 Å². The van der Waals surface area contributed by atoms with Crippen LogP contribution in [-0.4, -0.2) is 40.9 Å². The van der Waals surface area contributed by atoms with Crippen molar-refractivity contribution in [2.24, 2.45) is 0 Å². The molecule has 3 aromatic rings. The molecule has 2 aromatic heterocycles. The van der Waals surface area contributed by atoms with Gasteiger partial charge < -0.3 is 19.9 Å². The van der Waals surface area contributed by atoms with Gasteiger partial charge in [0.2, 0.25) is 0 Å². The third kappa shape index (κ3) is 4.40. The number of halogens is 1. The van der Waals surface area contributed by atoms with Crippen molar-refractivity contribution in [1.82, 2.24) is 14.9 Å². The Morgan fingerprint density at radius 1 is 1.03 bits per heavy atom. The second kappa shape index (κ2) is 10.2. The summed E-state index contributed by atoms with van der Waals surface area (Å²) < 4.78 is 25.6. The Balaban J connectivity index is 2.10. The number of aromatic nitrogens is 2. The number of carbonyl (C=O) groups is 2. The first kappa shape index (κ1) is 26.1. The van der Waals surface area contributed by atoms with Crippen LogP contribution in [0.2, 0.25) is 0 Å². The number of carbonyl (C=O) groups excluding carboxylic acids is 2. The fraction of sp³-hybridized carbons (Fsp3) is 0.321. The number of allylic oxidation sites excluding steroid dienone is 2. The highest BCUT2D eigenvalue weighted by molar-refractivity contribution is 5.99. The van der Waals surface area contributed by atoms with Crippen molar-refractivity contribution < 1.29 is 28.6 Å². The van der Waals surface area contributed by atoms with Crippen molar-refractivity contribution in [2.45, 2.75) is 46.1 Å². The number of esters is 2. The predicted molar refractivity (Wildman–Crippen MR) is 136 cm³/mol. The van der Waals surface area contributed by atoms with Crippen LogP contribution in [0.25, 0.3) is 16.8 Å². The molecule has 0 saturated heterocycles. The van der Waals surface area contributed by atoms with Gasteiger partial charge >= 0.3 is 11.9 Å². The van der Waals surface area contributed by atoms with Crippen LogP contribution in [0.4, 0.5) is 4.39 Å². The molecule has 0 atom stereocenters. The van der Waals surface area contributed by atoms with Crippen molar-refractivity contribution in [1.29, 1.82) is 0 Å². The molecule has 0 radical (unpaired) electrons. The van der Waals surface area contributed by atoms with Crippen LogP contribution in [-0.2, 0) is 25.7 Å². The number of aliphatic hydroxyl groups excluding tert-OH is 1. The van der Waals surface area contributed by atoms with E-state index in [4.69, 9.17) is 14.6 Å². The standard InChI is InChI=1S/C28H30FN3O5/c1-14(2)22-19(13-33)26(17-7-9-18(29)10-8-17)31-32-20(22)11-12-21(32)25-23(27(34)36-5)15(3)30-16(4)24(25)28(35)37-6/h7-12,14,25,30,33H,13H2,1-6H3. The van der Waals surface area contributed by atoms with Crippen molar-refractivity contribution in [2.75, 3.05) is 14.2 Å². The van der Waals surface area contributed by atoms with Crippen LogP contribution < -0.4 is 5.32 Å². The molecule has 0 unspecified atom stereocenters. The molecule has 4 rings (SSSR count). The summed E-state index contributed by atoms with van der Waals surface area (Å²) in [7, 11) is 2.57. The smallest absolute Gasteiger partial charge is 0.336 e. The lowest BCUT2D eigenvalue weighted by Gasteiger charge is -2.30. The minimum atomic E-state index is -0.836. The second-order valence-corrected chi connectivity index (χ2v) is 9.23. The van der Waals surface area contributed by atoms with E-state index >= 15 is 0 Å². The molecule has 0 bridgehead atoms. The summed E-state index contributed by atoms with van der Waals surface area (Å²) >= 11 is 0. The number of ether oxygens (including phenoxy) is 2. The van der Waals surface area contributed by atoms with Crippen LogP contribution in [0.15, 0.2) is 58.9 Å². The molecule has 8 nitrogen and oxygen atoms in total. The van der Waals surface area contributed by atoms with Crippen LogP contribution >= 0.6 is 0 Å². The first-order valence-electron chi connectivity index (χ1n) is 11.9. The highest BCUT2D eigenvalue weighted by Gasteiger charge is 2.39. The lowest BCUT2D eigenvalue weighted by Crippen LogP contribution is -2.32. The normalized spacial score (nSPS) is 14.4. The van der Waals surface area contributed by atoms with Crippen LogP contribution in [0.5, 0.6) is 0 Å². The molecule has 9 heteroatoms. The van der Waals surface area contributed by atoms with E-state index < -0.39 is 17.9 Å². The number of hydrogen-bond acceptors (Lipinski definition) is 7. The summed E-state index contributed by atoms with van der Waals surface area (Å²) in [6, 6.07) is 9.56. The molecule has 0 saturated carbocycles. The Morgan fingerprint density at radius 3 is 2.08 bits per heavy atom. The first-order chi connectivity index (χ1) is 17.6. The van der Waals surface area contributed by atoms with Gasteiger partial charge in [0.15, 0.2) is 0 Å². The second-order valence-electron chi connectivity index (χ2n) is 9.23. The van der Waals surface area contributed by atoms with Gasteiger partial charge in [-0.3, -0.25) is 0 Å².